The van der Waals surface area contributed by atoms with Gasteiger partial charge in [0, 0.05) is 6.08 Å². The summed E-state index contributed by atoms with van der Waals surface area (Å²) >= 11 is 0. The minimum Gasteiger partial charge on any atom is -0.452 e. The number of carbonyl (C=O) groups is 2. The molecule has 1 heterocycles. The number of rotatable bonds is 5. The lowest BCUT2D eigenvalue weighted by atomic mass is 10.0. The van der Waals surface area contributed by atoms with Gasteiger partial charge in [-0.15, -0.1) is 0 Å². The molecule has 0 saturated carbocycles. The molecule has 25 heavy (non-hydrogen) atoms. The molecule has 0 spiro atoms. The van der Waals surface area contributed by atoms with Gasteiger partial charge in [0.15, 0.2) is 16.4 Å². The maximum Gasteiger partial charge on any atom is 0.331 e. The SMILES string of the molecule is C[C@@]1(NC(=O)COC(=O)/C=C/c2ccc(C#N)cc2)CCS(=O)(=O)C1. The number of esters is 1. The van der Waals surface area contributed by atoms with Crippen molar-refractivity contribution in [2.45, 2.75) is 18.9 Å². The lowest BCUT2D eigenvalue weighted by molar-refractivity contribution is -0.144. The first-order chi connectivity index (χ1) is 11.7. The number of benzene rings is 1. The largest absolute Gasteiger partial charge is 0.452 e. The molecule has 0 radical (unpaired) electrons. The van der Waals surface area contributed by atoms with Gasteiger partial charge in [-0.2, -0.15) is 5.26 Å². The first kappa shape index (κ1) is 18.7. The molecular weight excluding hydrogens is 344 g/mol. The molecule has 1 saturated heterocycles. The summed E-state index contributed by atoms with van der Waals surface area (Å²) in [6, 6.07) is 8.59. The van der Waals surface area contributed by atoms with E-state index < -0.39 is 33.9 Å². The van der Waals surface area contributed by atoms with Gasteiger partial charge >= 0.3 is 5.97 Å². The predicted octanol–water partition coefficient (Wildman–Crippen LogP) is 0.808. The second kappa shape index (κ2) is 7.49. The third-order valence-electron chi connectivity index (χ3n) is 3.74. The van der Waals surface area contributed by atoms with Crippen molar-refractivity contribution in [1.29, 1.82) is 5.26 Å². The van der Waals surface area contributed by atoms with Gasteiger partial charge in [0.25, 0.3) is 5.91 Å². The molecule has 1 atom stereocenters. The van der Waals surface area contributed by atoms with Crippen LogP contribution < -0.4 is 5.32 Å². The van der Waals surface area contributed by atoms with Crippen molar-refractivity contribution in [3.05, 3.63) is 41.5 Å². The van der Waals surface area contributed by atoms with Crippen LogP contribution in [0.15, 0.2) is 30.3 Å². The number of nitrogens with one attached hydrogen (secondary N) is 1. The van der Waals surface area contributed by atoms with E-state index in [2.05, 4.69) is 5.32 Å². The van der Waals surface area contributed by atoms with E-state index in [1.54, 1.807) is 31.2 Å². The van der Waals surface area contributed by atoms with Crippen LogP contribution in [0.25, 0.3) is 6.08 Å². The molecule has 8 heteroatoms. The molecule has 1 aromatic carbocycles. The van der Waals surface area contributed by atoms with Gasteiger partial charge in [0.1, 0.15) is 0 Å². The number of nitriles is 1. The van der Waals surface area contributed by atoms with Crippen LogP contribution in [0.4, 0.5) is 0 Å². The fourth-order valence-electron chi connectivity index (χ4n) is 2.50. The first-order valence-corrected chi connectivity index (χ1v) is 9.40. The van der Waals surface area contributed by atoms with Gasteiger partial charge < -0.3 is 10.1 Å². The van der Waals surface area contributed by atoms with Gasteiger partial charge in [0.05, 0.1) is 28.7 Å². The molecule has 1 aliphatic rings. The molecule has 1 amide bonds. The zero-order valence-corrected chi connectivity index (χ0v) is 14.5. The van der Waals surface area contributed by atoms with Crippen LogP contribution in [-0.4, -0.2) is 43.9 Å². The van der Waals surface area contributed by atoms with E-state index in [0.29, 0.717) is 17.5 Å². The van der Waals surface area contributed by atoms with Crippen molar-refractivity contribution < 1.29 is 22.7 Å². The molecule has 2 rings (SSSR count). The van der Waals surface area contributed by atoms with E-state index in [0.717, 1.165) is 0 Å². The van der Waals surface area contributed by atoms with Crippen molar-refractivity contribution in [1.82, 2.24) is 5.32 Å². The number of hydrogen-bond acceptors (Lipinski definition) is 6. The Morgan fingerprint density at radius 3 is 2.60 bits per heavy atom. The summed E-state index contributed by atoms with van der Waals surface area (Å²) in [6.45, 7) is 1.17. The normalized spacial score (nSPS) is 21.6. The lowest BCUT2D eigenvalue weighted by Gasteiger charge is -2.23. The van der Waals surface area contributed by atoms with Crippen LogP contribution in [0.2, 0.25) is 0 Å². The van der Waals surface area contributed by atoms with E-state index >= 15 is 0 Å². The Hall–Kier alpha value is -2.66. The number of nitrogens with zero attached hydrogens (tertiary/aromatic N) is 1. The Balaban J connectivity index is 1.80. The Morgan fingerprint density at radius 1 is 1.36 bits per heavy atom. The number of amides is 1. The summed E-state index contributed by atoms with van der Waals surface area (Å²) in [6.07, 6.45) is 3.02. The van der Waals surface area contributed by atoms with Gasteiger partial charge in [-0.3, -0.25) is 4.79 Å². The fourth-order valence-corrected chi connectivity index (χ4v) is 4.59. The maximum atomic E-state index is 11.8. The lowest BCUT2D eigenvalue weighted by Crippen LogP contribution is -2.48. The third-order valence-corrected chi connectivity index (χ3v) is 5.64. The van der Waals surface area contributed by atoms with E-state index in [1.807, 2.05) is 6.07 Å². The summed E-state index contributed by atoms with van der Waals surface area (Å²) in [7, 11) is -3.13. The summed E-state index contributed by atoms with van der Waals surface area (Å²) < 4.78 is 27.8. The molecule has 1 N–H and O–H groups in total. The van der Waals surface area contributed by atoms with Gasteiger partial charge in [0.2, 0.25) is 0 Å². The number of ether oxygens (including phenoxy) is 1. The zero-order valence-electron chi connectivity index (χ0n) is 13.7. The summed E-state index contributed by atoms with van der Waals surface area (Å²) in [5.74, 6) is -1.31. The van der Waals surface area contributed by atoms with Gasteiger partial charge in [-0.05, 0) is 37.1 Å². The van der Waals surface area contributed by atoms with Crippen molar-refractivity contribution in [3.63, 3.8) is 0 Å². The van der Waals surface area contributed by atoms with E-state index in [1.165, 1.54) is 12.2 Å². The average molecular weight is 362 g/mol. The molecule has 132 valence electrons. The Morgan fingerprint density at radius 2 is 2.04 bits per heavy atom. The van der Waals surface area contributed by atoms with E-state index in [4.69, 9.17) is 10.00 Å². The topological polar surface area (TPSA) is 113 Å². The molecule has 7 nitrogen and oxygen atoms in total. The fraction of sp³-hybridized carbons (Fsp3) is 0.353. The molecule has 0 bridgehead atoms. The molecule has 0 aromatic heterocycles. The Kier molecular flexibility index (Phi) is 5.59. The van der Waals surface area contributed by atoms with Crippen LogP contribution in [0.1, 0.15) is 24.5 Å². The van der Waals surface area contributed by atoms with Gasteiger partial charge in [-0.25, -0.2) is 13.2 Å². The molecule has 1 aliphatic heterocycles. The minimum absolute atomic E-state index is 0.0386. The highest BCUT2D eigenvalue weighted by molar-refractivity contribution is 7.91. The molecule has 0 aliphatic carbocycles. The van der Waals surface area contributed by atoms with Crippen LogP contribution >= 0.6 is 0 Å². The quantitative estimate of drug-likeness (QED) is 0.612. The minimum atomic E-state index is -3.13. The molecule has 1 aromatic rings. The number of carbonyl (C=O) groups excluding carboxylic acids is 2. The Labute approximate surface area is 146 Å². The van der Waals surface area contributed by atoms with Crippen LogP contribution in [0.5, 0.6) is 0 Å². The smallest absolute Gasteiger partial charge is 0.331 e. The monoisotopic (exact) mass is 362 g/mol. The van der Waals surface area contributed by atoms with Crippen molar-refractivity contribution >= 4 is 27.8 Å². The van der Waals surface area contributed by atoms with E-state index in [-0.39, 0.29) is 11.5 Å². The molecule has 0 unspecified atom stereocenters. The van der Waals surface area contributed by atoms with Gasteiger partial charge in [-0.1, -0.05) is 12.1 Å². The number of sulfone groups is 1. The standard InChI is InChI=1S/C17H18N2O5S/c1-17(8-9-25(22,23)12-17)19-15(20)11-24-16(21)7-6-13-2-4-14(10-18)5-3-13/h2-7H,8-9,11-12H2,1H3,(H,19,20)/b7-6+/t17-/m1/s1. The van der Waals surface area contributed by atoms with Crippen LogP contribution in [0.3, 0.4) is 0 Å². The summed E-state index contributed by atoms with van der Waals surface area (Å²) in [4.78, 5) is 23.5. The third kappa shape index (κ3) is 5.72. The zero-order chi connectivity index (χ0) is 18.5. The second-order valence-electron chi connectivity index (χ2n) is 6.13. The summed E-state index contributed by atoms with van der Waals surface area (Å²) in [5, 5.41) is 11.3. The highest BCUT2D eigenvalue weighted by atomic mass is 32.2. The molecular formula is C17H18N2O5S. The van der Waals surface area contributed by atoms with Crippen LogP contribution in [0, 0.1) is 11.3 Å². The first-order valence-electron chi connectivity index (χ1n) is 7.58. The Bertz CT molecular complexity index is 837. The number of hydrogen-bond donors (Lipinski definition) is 1. The van der Waals surface area contributed by atoms with E-state index in [9.17, 15) is 18.0 Å². The highest BCUT2D eigenvalue weighted by Crippen LogP contribution is 2.22. The predicted molar refractivity (Wildman–Crippen MR) is 91.0 cm³/mol. The summed E-state index contributed by atoms with van der Waals surface area (Å²) in [5.41, 5.74) is 0.406. The van der Waals surface area contributed by atoms with Crippen molar-refractivity contribution in [2.75, 3.05) is 18.1 Å². The second-order valence-corrected chi connectivity index (χ2v) is 8.31. The highest BCUT2D eigenvalue weighted by Gasteiger charge is 2.39. The van der Waals surface area contributed by atoms with Crippen molar-refractivity contribution in [3.8, 4) is 6.07 Å². The van der Waals surface area contributed by atoms with Crippen molar-refractivity contribution in [2.24, 2.45) is 0 Å². The van der Waals surface area contributed by atoms with Crippen LogP contribution in [-0.2, 0) is 24.2 Å². The molecule has 1 fully saturated rings. The maximum absolute atomic E-state index is 11.8. The average Bonchev–Trinajstić information content (AvgIpc) is 2.84.